The van der Waals surface area contributed by atoms with Crippen molar-refractivity contribution in [2.45, 2.75) is 24.5 Å². The molecular weight excluding hydrogens is 270 g/mol. The number of rotatable bonds is 3. The lowest BCUT2D eigenvalue weighted by Gasteiger charge is -2.06. The van der Waals surface area contributed by atoms with Crippen LogP contribution >= 0.6 is 23.1 Å². The first-order valence-corrected chi connectivity index (χ1v) is 8.02. The van der Waals surface area contributed by atoms with Gasteiger partial charge >= 0.3 is 0 Å². The molecule has 1 heterocycles. The lowest BCUT2D eigenvalue weighted by molar-refractivity contribution is 1.26. The van der Waals surface area contributed by atoms with Crippen molar-refractivity contribution in [3.8, 4) is 11.8 Å². The molecule has 2 rings (SSSR count). The molecule has 0 atom stereocenters. The Morgan fingerprint density at radius 3 is 2.84 bits per heavy atom. The lowest BCUT2D eigenvalue weighted by Crippen LogP contribution is -1.93. The van der Waals surface area contributed by atoms with Crippen molar-refractivity contribution in [1.82, 2.24) is 0 Å². The van der Waals surface area contributed by atoms with Crippen LogP contribution in [0.4, 0.5) is 0 Å². The SMILES string of the molecule is Cc1ccc(SCc2sccc2C#CCN)c(C)c1. The lowest BCUT2D eigenvalue weighted by atomic mass is 10.2. The number of benzene rings is 1. The van der Waals surface area contributed by atoms with Gasteiger partial charge in [0.05, 0.1) is 6.54 Å². The van der Waals surface area contributed by atoms with E-state index in [0.29, 0.717) is 6.54 Å². The number of aryl methyl sites for hydroxylation is 2. The molecule has 0 unspecified atom stereocenters. The predicted molar refractivity (Wildman–Crippen MR) is 85.7 cm³/mol. The van der Waals surface area contributed by atoms with Gasteiger partial charge in [-0.3, -0.25) is 0 Å². The summed E-state index contributed by atoms with van der Waals surface area (Å²) in [5.41, 5.74) is 9.19. The number of hydrogen-bond acceptors (Lipinski definition) is 3. The van der Waals surface area contributed by atoms with Gasteiger partial charge in [0.1, 0.15) is 0 Å². The van der Waals surface area contributed by atoms with E-state index < -0.39 is 0 Å². The van der Waals surface area contributed by atoms with E-state index >= 15 is 0 Å². The second-order valence-electron chi connectivity index (χ2n) is 4.32. The van der Waals surface area contributed by atoms with Crippen molar-refractivity contribution in [1.29, 1.82) is 0 Å². The maximum Gasteiger partial charge on any atom is 0.0555 e. The molecular formula is C16H17NS2. The summed E-state index contributed by atoms with van der Waals surface area (Å²) < 4.78 is 0. The van der Waals surface area contributed by atoms with Gasteiger partial charge < -0.3 is 5.73 Å². The highest BCUT2D eigenvalue weighted by atomic mass is 32.2. The molecule has 0 radical (unpaired) electrons. The molecule has 98 valence electrons. The van der Waals surface area contributed by atoms with Crippen molar-refractivity contribution >= 4 is 23.1 Å². The summed E-state index contributed by atoms with van der Waals surface area (Å²) in [4.78, 5) is 2.67. The van der Waals surface area contributed by atoms with Gasteiger partial charge in [0, 0.05) is 21.1 Å². The molecule has 0 fully saturated rings. The first kappa shape index (κ1) is 14.2. The largest absolute Gasteiger partial charge is 0.320 e. The highest BCUT2D eigenvalue weighted by Crippen LogP contribution is 2.29. The molecule has 0 aliphatic heterocycles. The fraction of sp³-hybridized carbons (Fsp3) is 0.250. The minimum absolute atomic E-state index is 0.416. The third kappa shape index (κ3) is 3.87. The van der Waals surface area contributed by atoms with E-state index in [1.165, 1.54) is 20.9 Å². The molecule has 0 amide bonds. The van der Waals surface area contributed by atoms with Gasteiger partial charge in [-0.2, -0.15) is 0 Å². The Morgan fingerprint density at radius 2 is 2.11 bits per heavy atom. The van der Waals surface area contributed by atoms with Gasteiger partial charge in [-0.15, -0.1) is 23.1 Å². The minimum atomic E-state index is 0.416. The Morgan fingerprint density at radius 1 is 1.26 bits per heavy atom. The third-order valence-corrected chi connectivity index (χ3v) is 5.07. The van der Waals surface area contributed by atoms with E-state index in [-0.39, 0.29) is 0 Å². The van der Waals surface area contributed by atoms with Gasteiger partial charge in [-0.05, 0) is 36.9 Å². The minimum Gasteiger partial charge on any atom is -0.320 e. The van der Waals surface area contributed by atoms with E-state index in [1.807, 2.05) is 11.8 Å². The van der Waals surface area contributed by atoms with Crippen LogP contribution in [-0.2, 0) is 5.75 Å². The van der Waals surface area contributed by atoms with E-state index in [9.17, 15) is 0 Å². The monoisotopic (exact) mass is 287 g/mol. The Hall–Kier alpha value is -1.21. The zero-order chi connectivity index (χ0) is 13.7. The van der Waals surface area contributed by atoms with Crippen LogP contribution in [0.3, 0.4) is 0 Å². The smallest absolute Gasteiger partial charge is 0.0555 e. The summed E-state index contributed by atoms with van der Waals surface area (Å²) in [6, 6.07) is 8.67. The molecule has 0 saturated carbocycles. The quantitative estimate of drug-likeness (QED) is 0.683. The standard InChI is InChI=1S/C16H17NS2/c1-12-5-6-15(13(2)10-12)19-11-16-14(4-3-8-17)7-9-18-16/h5-7,9-10H,8,11,17H2,1-2H3. The van der Waals surface area contributed by atoms with E-state index in [4.69, 9.17) is 5.73 Å². The van der Waals surface area contributed by atoms with Gasteiger partial charge in [-0.1, -0.05) is 29.5 Å². The Kier molecular flexibility index (Phi) is 5.09. The Labute approximate surface area is 123 Å². The fourth-order valence-electron chi connectivity index (χ4n) is 1.81. The highest BCUT2D eigenvalue weighted by molar-refractivity contribution is 7.98. The van der Waals surface area contributed by atoms with Gasteiger partial charge in [0.15, 0.2) is 0 Å². The molecule has 3 heteroatoms. The zero-order valence-electron chi connectivity index (χ0n) is 11.2. The van der Waals surface area contributed by atoms with Crippen LogP contribution in [0.15, 0.2) is 34.5 Å². The first-order valence-electron chi connectivity index (χ1n) is 6.16. The van der Waals surface area contributed by atoms with Gasteiger partial charge in [0.25, 0.3) is 0 Å². The summed E-state index contributed by atoms with van der Waals surface area (Å²) in [7, 11) is 0. The number of hydrogen-bond donors (Lipinski definition) is 1. The number of thiophene rings is 1. The first-order chi connectivity index (χ1) is 9.20. The second-order valence-corrected chi connectivity index (χ2v) is 6.34. The summed E-state index contributed by atoms with van der Waals surface area (Å²) in [6.07, 6.45) is 0. The van der Waals surface area contributed by atoms with Crippen LogP contribution in [0.25, 0.3) is 0 Å². The van der Waals surface area contributed by atoms with Gasteiger partial charge in [-0.25, -0.2) is 0 Å². The molecule has 0 aliphatic rings. The molecule has 0 aliphatic carbocycles. The second kappa shape index (κ2) is 6.81. The van der Waals surface area contributed by atoms with E-state index in [2.05, 4.69) is 55.3 Å². The highest BCUT2D eigenvalue weighted by Gasteiger charge is 2.05. The van der Waals surface area contributed by atoms with Crippen LogP contribution in [0.5, 0.6) is 0 Å². The Balaban J connectivity index is 2.08. The van der Waals surface area contributed by atoms with Crippen LogP contribution in [0, 0.1) is 25.7 Å². The van der Waals surface area contributed by atoms with Crippen LogP contribution < -0.4 is 5.73 Å². The van der Waals surface area contributed by atoms with Crippen molar-refractivity contribution in [2.24, 2.45) is 5.73 Å². The molecule has 19 heavy (non-hydrogen) atoms. The Bertz CT molecular complexity index is 617. The summed E-state index contributed by atoms with van der Waals surface area (Å²) in [6.45, 7) is 4.71. The molecule has 0 spiro atoms. The number of nitrogens with two attached hydrogens (primary N) is 1. The maximum atomic E-state index is 5.42. The predicted octanol–water partition coefficient (Wildman–Crippen LogP) is 3.97. The zero-order valence-corrected chi connectivity index (χ0v) is 12.8. The third-order valence-electron chi connectivity index (χ3n) is 2.76. The van der Waals surface area contributed by atoms with E-state index in [1.54, 1.807) is 11.3 Å². The van der Waals surface area contributed by atoms with Crippen molar-refractivity contribution in [2.75, 3.05) is 6.54 Å². The number of thioether (sulfide) groups is 1. The van der Waals surface area contributed by atoms with Crippen LogP contribution in [0.1, 0.15) is 21.6 Å². The maximum absolute atomic E-state index is 5.42. The summed E-state index contributed by atoms with van der Waals surface area (Å²) in [5, 5.41) is 2.10. The van der Waals surface area contributed by atoms with Crippen LogP contribution in [-0.4, -0.2) is 6.54 Å². The molecule has 0 saturated heterocycles. The van der Waals surface area contributed by atoms with Gasteiger partial charge in [0.2, 0.25) is 0 Å². The molecule has 1 aromatic heterocycles. The average Bonchev–Trinajstić information content (AvgIpc) is 2.83. The summed E-state index contributed by atoms with van der Waals surface area (Å²) >= 11 is 3.64. The van der Waals surface area contributed by atoms with Crippen molar-refractivity contribution in [3.63, 3.8) is 0 Å². The fourth-order valence-corrected chi connectivity index (χ4v) is 3.77. The molecule has 0 bridgehead atoms. The van der Waals surface area contributed by atoms with Crippen LogP contribution in [0.2, 0.25) is 0 Å². The average molecular weight is 287 g/mol. The molecule has 2 aromatic rings. The molecule has 1 nitrogen and oxygen atoms in total. The normalized spacial score (nSPS) is 10.1. The molecule has 2 N–H and O–H groups in total. The van der Waals surface area contributed by atoms with Crippen molar-refractivity contribution < 1.29 is 0 Å². The van der Waals surface area contributed by atoms with E-state index in [0.717, 1.165) is 11.3 Å². The topological polar surface area (TPSA) is 26.0 Å². The van der Waals surface area contributed by atoms with Crippen molar-refractivity contribution in [3.05, 3.63) is 51.2 Å². The summed E-state index contributed by atoms with van der Waals surface area (Å²) in [5.74, 6) is 7.03. The molecule has 1 aromatic carbocycles.